The monoisotopic (exact) mass is 287 g/mol. The van der Waals surface area contributed by atoms with Gasteiger partial charge in [0.15, 0.2) is 0 Å². The highest BCUT2D eigenvalue weighted by Crippen LogP contribution is 2.17. The maximum Gasteiger partial charge on any atom is 0.326 e. The van der Waals surface area contributed by atoms with Crippen LogP contribution in [0.1, 0.15) is 6.92 Å². The van der Waals surface area contributed by atoms with Gasteiger partial charge in [0, 0.05) is 4.47 Å². The first kappa shape index (κ1) is 13.0. The van der Waals surface area contributed by atoms with Crippen LogP contribution in [0, 0.1) is 0 Å². The van der Waals surface area contributed by atoms with Gasteiger partial charge in [-0.2, -0.15) is 0 Å². The predicted molar refractivity (Wildman–Crippen MR) is 64.2 cm³/mol. The van der Waals surface area contributed by atoms with Crippen LogP contribution < -0.4 is 10.5 Å². The van der Waals surface area contributed by atoms with Crippen molar-refractivity contribution in [1.82, 2.24) is 0 Å². The lowest BCUT2D eigenvalue weighted by atomic mass is 10.2. The second kappa shape index (κ2) is 5.86. The number of esters is 1. The van der Waals surface area contributed by atoms with Gasteiger partial charge in [-0.3, -0.25) is 4.79 Å². The Balaban J connectivity index is 2.60. The average Bonchev–Trinajstić information content (AvgIpc) is 2.30. The molecule has 2 atom stereocenters. The van der Waals surface area contributed by atoms with Gasteiger partial charge in [0.05, 0.1) is 7.11 Å². The van der Waals surface area contributed by atoms with Crippen LogP contribution in [0.3, 0.4) is 0 Å². The molecule has 0 saturated heterocycles. The Hall–Kier alpha value is -1.07. The molecule has 0 unspecified atom stereocenters. The zero-order valence-electron chi connectivity index (χ0n) is 9.14. The first-order valence-corrected chi connectivity index (χ1v) is 5.59. The maximum absolute atomic E-state index is 11.2. The molecule has 0 aliphatic rings. The summed E-state index contributed by atoms with van der Waals surface area (Å²) in [5.74, 6) is 0.180. The summed E-state index contributed by atoms with van der Waals surface area (Å²) in [5, 5.41) is 0. The van der Waals surface area contributed by atoms with Crippen molar-refractivity contribution in [2.24, 2.45) is 5.73 Å². The molecule has 0 heterocycles. The first-order chi connectivity index (χ1) is 7.54. The summed E-state index contributed by atoms with van der Waals surface area (Å²) in [6.45, 7) is 1.73. The molecule has 0 fully saturated rings. The SMILES string of the molecule is COC(=O)[C@H](N)[C@@H](C)Oc1ccc(Br)cc1. The molecular weight excluding hydrogens is 274 g/mol. The van der Waals surface area contributed by atoms with Crippen molar-refractivity contribution in [3.63, 3.8) is 0 Å². The minimum atomic E-state index is -0.784. The highest BCUT2D eigenvalue weighted by molar-refractivity contribution is 9.10. The van der Waals surface area contributed by atoms with E-state index in [0.717, 1.165) is 4.47 Å². The summed E-state index contributed by atoms with van der Waals surface area (Å²) < 4.78 is 11.0. The van der Waals surface area contributed by atoms with Crippen LogP contribution in [0.4, 0.5) is 0 Å². The van der Waals surface area contributed by atoms with Crippen LogP contribution in [0.5, 0.6) is 5.75 Å². The normalized spacial score (nSPS) is 14.0. The largest absolute Gasteiger partial charge is 0.488 e. The summed E-state index contributed by atoms with van der Waals surface area (Å²) in [6.07, 6.45) is -0.436. The molecule has 0 saturated carbocycles. The van der Waals surface area contributed by atoms with Crippen molar-refractivity contribution in [3.8, 4) is 5.75 Å². The molecule has 0 aliphatic heterocycles. The zero-order chi connectivity index (χ0) is 12.1. The summed E-state index contributed by atoms with van der Waals surface area (Å²) in [4.78, 5) is 11.2. The second-order valence-electron chi connectivity index (χ2n) is 3.33. The lowest BCUT2D eigenvalue weighted by molar-refractivity contribution is -0.144. The molecule has 1 rings (SSSR count). The Labute approximate surface area is 103 Å². The molecule has 0 aliphatic carbocycles. The zero-order valence-corrected chi connectivity index (χ0v) is 10.7. The number of hydrogen-bond acceptors (Lipinski definition) is 4. The molecule has 88 valence electrons. The van der Waals surface area contributed by atoms with Crippen LogP contribution in [-0.4, -0.2) is 25.2 Å². The number of ether oxygens (including phenoxy) is 2. The molecule has 1 aromatic carbocycles. The minimum absolute atomic E-state index is 0.436. The third-order valence-electron chi connectivity index (χ3n) is 2.11. The van der Waals surface area contributed by atoms with Crippen LogP contribution in [0.15, 0.2) is 28.7 Å². The van der Waals surface area contributed by atoms with Gasteiger partial charge >= 0.3 is 5.97 Å². The minimum Gasteiger partial charge on any atom is -0.488 e. The van der Waals surface area contributed by atoms with E-state index in [1.54, 1.807) is 19.1 Å². The number of carbonyl (C=O) groups is 1. The Morgan fingerprint density at radius 2 is 1.94 bits per heavy atom. The fraction of sp³-hybridized carbons (Fsp3) is 0.364. The Morgan fingerprint density at radius 1 is 1.38 bits per heavy atom. The Morgan fingerprint density at radius 3 is 2.44 bits per heavy atom. The summed E-state index contributed by atoms with van der Waals surface area (Å²) in [7, 11) is 1.30. The Kier molecular flexibility index (Phi) is 4.76. The molecule has 4 nitrogen and oxygen atoms in total. The first-order valence-electron chi connectivity index (χ1n) is 4.80. The van der Waals surface area contributed by atoms with E-state index in [9.17, 15) is 4.79 Å². The standard InChI is InChI=1S/C11H14BrNO3/c1-7(10(13)11(14)15-2)16-9-5-3-8(12)4-6-9/h3-7,10H,13H2,1-2H3/t7-,10-/m1/s1. The van der Waals surface area contributed by atoms with E-state index < -0.39 is 18.1 Å². The van der Waals surface area contributed by atoms with Crippen molar-refractivity contribution < 1.29 is 14.3 Å². The highest BCUT2D eigenvalue weighted by atomic mass is 79.9. The fourth-order valence-electron chi connectivity index (χ4n) is 1.13. The van der Waals surface area contributed by atoms with Crippen molar-refractivity contribution in [2.45, 2.75) is 19.1 Å². The van der Waals surface area contributed by atoms with E-state index in [1.165, 1.54) is 7.11 Å². The summed E-state index contributed by atoms with van der Waals surface area (Å²) in [6, 6.07) is 6.51. The van der Waals surface area contributed by atoms with Crippen LogP contribution >= 0.6 is 15.9 Å². The third kappa shape index (κ3) is 3.50. The molecule has 0 bridgehead atoms. The molecule has 5 heteroatoms. The molecule has 2 N–H and O–H groups in total. The van der Waals surface area contributed by atoms with Crippen LogP contribution in [-0.2, 0) is 9.53 Å². The maximum atomic E-state index is 11.2. The molecule has 0 aromatic heterocycles. The van der Waals surface area contributed by atoms with Crippen molar-refractivity contribution >= 4 is 21.9 Å². The van der Waals surface area contributed by atoms with E-state index in [4.69, 9.17) is 10.5 Å². The smallest absolute Gasteiger partial charge is 0.326 e. The second-order valence-corrected chi connectivity index (χ2v) is 4.24. The predicted octanol–water partition coefficient (Wildman–Crippen LogP) is 1.72. The molecule has 0 radical (unpaired) electrons. The quantitative estimate of drug-likeness (QED) is 0.857. The number of benzene rings is 1. The lowest BCUT2D eigenvalue weighted by Crippen LogP contribution is -2.44. The summed E-state index contributed by atoms with van der Waals surface area (Å²) in [5.41, 5.74) is 5.64. The van der Waals surface area contributed by atoms with E-state index in [2.05, 4.69) is 20.7 Å². The highest BCUT2D eigenvalue weighted by Gasteiger charge is 2.22. The summed E-state index contributed by atoms with van der Waals surface area (Å²) >= 11 is 3.32. The molecular formula is C11H14BrNO3. The van der Waals surface area contributed by atoms with Gasteiger partial charge in [0.25, 0.3) is 0 Å². The van der Waals surface area contributed by atoms with E-state index in [-0.39, 0.29) is 0 Å². The molecule has 1 aromatic rings. The van der Waals surface area contributed by atoms with Gasteiger partial charge in [-0.15, -0.1) is 0 Å². The molecule has 0 amide bonds. The van der Waals surface area contributed by atoms with E-state index in [0.29, 0.717) is 5.75 Å². The van der Waals surface area contributed by atoms with E-state index in [1.807, 2.05) is 12.1 Å². The van der Waals surface area contributed by atoms with Gasteiger partial charge in [0.1, 0.15) is 17.9 Å². The van der Waals surface area contributed by atoms with Gasteiger partial charge in [-0.05, 0) is 31.2 Å². The fourth-order valence-corrected chi connectivity index (χ4v) is 1.39. The van der Waals surface area contributed by atoms with Crippen molar-refractivity contribution in [1.29, 1.82) is 0 Å². The Bertz CT molecular complexity index is 353. The number of nitrogens with two attached hydrogens (primary N) is 1. The van der Waals surface area contributed by atoms with Gasteiger partial charge < -0.3 is 15.2 Å². The molecule has 0 spiro atoms. The number of rotatable bonds is 4. The number of hydrogen-bond donors (Lipinski definition) is 1. The van der Waals surface area contributed by atoms with E-state index >= 15 is 0 Å². The van der Waals surface area contributed by atoms with Gasteiger partial charge in [-0.1, -0.05) is 15.9 Å². The van der Waals surface area contributed by atoms with Gasteiger partial charge in [0.2, 0.25) is 0 Å². The van der Waals surface area contributed by atoms with Crippen molar-refractivity contribution in [2.75, 3.05) is 7.11 Å². The van der Waals surface area contributed by atoms with Gasteiger partial charge in [-0.25, -0.2) is 0 Å². The van der Waals surface area contributed by atoms with Crippen LogP contribution in [0.25, 0.3) is 0 Å². The number of halogens is 1. The number of carbonyl (C=O) groups excluding carboxylic acids is 1. The third-order valence-corrected chi connectivity index (χ3v) is 2.64. The lowest BCUT2D eigenvalue weighted by Gasteiger charge is -2.19. The topological polar surface area (TPSA) is 61.5 Å². The molecule has 16 heavy (non-hydrogen) atoms. The number of methoxy groups -OCH3 is 1. The van der Waals surface area contributed by atoms with Crippen LogP contribution in [0.2, 0.25) is 0 Å². The van der Waals surface area contributed by atoms with Crippen molar-refractivity contribution in [3.05, 3.63) is 28.7 Å². The average molecular weight is 288 g/mol.